The molecule has 1 saturated carbocycles. The van der Waals surface area contributed by atoms with Gasteiger partial charge in [0.15, 0.2) is 0 Å². The number of rotatable bonds is 4. The number of halogens is 2. The van der Waals surface area contributed by atoms with Crippen LogP contribution in [0.15, 0.2) is 21.2 Å². The summed E-state index contributed by atoms with van der Waals surface area (Å²) in [6, 6.07) is 1.98. The van der Waals surface area contributed by atoms with E-state index in [4.69, 9.17) is 0 Å². The predicted octanol–water partition coefficient (Wildman–Crippen LogP) is 2.61. The van der Waals surface area contributed by atoms with Crippen molar-refractivity contribution in [1.29, 1.82) is 0 Å². The topological polar surface area (TPSA) is 45.1 Å². The number of pyridine rings is 1. The van der Waals surface area contributed by atoms with E-state index in [1.165, 1.54) is 6.42 Å². The molecule has 0 atom stereocenters. The van der Waals surface area contributed by atoms with Crippen LogP contribution in [0.25, 0.3) is 0 Å². The van der Waals surface area contributed by atoms with Gasteiger partial charge in [0.05, 0.1) is 12.3 Å². The summed E-state index contributed by atoms with van der Waals surface area (Å²) in [5, 5.41) is 12.7. The van der Waals surface area contributed by atoms with Gasteiger partial charge in [0.1, 0.15) is 0 Å². The molecular formula is C11H14Br2N2O. The summed E-state index contributed by atoms with van der Waals surface area (Å²) in [4.78, 5) is 4.34. The van der Waals surface area contributed by atoms with Crippen LogP contribution in [0.3, 0.4) is 0 Å². The molecule has 0 radical (unpaired) electrons. The molecule has 1 fully saturated rings. The van der Waals surface area contributed by atoms with Crippen molar-refractivity contribution < 1.29 is 5.11 Å². The van der Waals surface area contributed by atoms with Crippen molar-refractivity contribution in [3.63, 3.8) is 0 Å². The number of nitrogens with zero attached hydrogens (tertiary/aromatic N) is 1. The maximum atomic E-state index is 9.33. The van der Waals surface area contributed by atoms with Crippen LogP contribution in [0.5, 0.6) is 0 Å². The van der Waals surface area contributed by atoms with Crippen LogP contribution in [-0.2, 0) is 6.54 Å². The quantitative estimate of drug-likeness (QED) is 0.878. The van der Waals surface area contributed by atoms with E-state index in [0.29, 0.717) is 6.54 Å². The molecule has 0 saturated heterocycles. The second-order valence-electron chi connectivity index (χ2n) is 4.23. The summed E-state index contributed by atoms with van der Waals surface area (Å²) in [6.07, 6.45) is 5.09. The Bertz CT molecular complexity index is 375. The second-order valence-corrected chi connectivity index (χ2v) is 6.00. The third kappa shape index (κ3) is 2.64. The fourth-order valence-electron chi connectivity index (χ4n) is 1.84. The summed E-state index contributed by atoms with van der Waals surface area (Å²) < 4.78 is 1.95. The molecular weight excluding hydrogens is 336 g/mol. The largest absolute Gasteiger partial charge is 0.394 e. The molecule has 0 bridgehead atoms. The first-order valence-electron chi connectivity index (χ1n) is 5.31. The monoisotopic (exact) mass is 348 g/mol. The number of hydrogen-bond acceptors (Lipinski definition) is 3. The van der Waals surface area contributed by atoms with E-state index in [1.807, 2.05) is 6.07 Å². The van der Waals surface area contributed by atoms with Gasteiger partial charge in [0.25, 0.3) is 0 Å². The van der Waals surface area contributed by atoms with Crippen LogP contribution >= 0.6 is 31.9 Å². The van der Waals surface area contributed by atoms with Crippen molar-refractivity contribution in [3.05, 3.63) is 26.9 Å². The maximum Gasteiger partial charge on any atom is 0.0684 e. The zero-order valence-corrected chi connectivity index (χ0v) is 12.0. The van der Waals surface area contributed by atoms with Gasteiger partial charge in [-0.1, -0.05) is 0 Å². The Labute approximate surface area is 112 Å². The third-order valence-electron chi connectivity index (χ3n) is 3.13. The Balaban J connectivity index is 1.99. The molecule has 1 aliphatic rings. The first-order chi connectivity index (χ1) is 7.65. The highest BCUT2D eigenvalue weighted by atomic mass is 79.9. The average Bonchev–Trinajstić information content (AvgIpc) is 2.19. The van der Waals surface area contributed by atoms with Gasteiger partial charge in [-0.25, -0.2) is 0 Å². The van der Waals surface area contributed by atoms with Gasteiger partial charge in [0, 0.05) is 27.2 Å². The fourth-order valence-corrected chi connectivity index (χ4v) is 2.97. The lowest BCUT2D eigenvalue weighted by molar-refractivity contribution is 0.0868. The Morgan fingerprint density at radius 1 is 1.44 bits per heavy atom. The minimum absolute atomic E-state index is 0.0613. The lowest BCUT2D eigenvalue weighted by atomic mass is 9.77. The van der Waals surface area contributed by atoms with E-state index >= 15 is 0 Å². The van der Waals surface area contributed by atoms with E-state index in [0.717, 1.165) is 27.5 Å². The lowest BCUT2D eigenvalue weighted by Crippen LogP contribution is -2.53. The first kappa shape index (κ1) is 12.5. The molecule has 16 heavy (non-hydrogen) atoms. The SMILES string of the molecule is OCC1(NCc2ncc(Br)cc2Br)CCC1. The van der Waals surface area contributed by atoms with Crippen LogP contribution in [-0.4, -0.2) is 22.2 Å². The molecule has 5 heteroatoms. The van der Waals surface area contributed by atoms with Gasteiger partial charge < -0.3 is 10.4 Å². The normalized spacial score (nSPS) is 18.2. The van der Waals surface area contributed by atoms with Crippen molar-refractivity contribution in [1.82, 2.24) is 10.3 Å². The molecule has 0 spiro atoms. The van der Waals surface area contributed by atoms with Gasteiger partial charge in [0.2, 0.25) is 0 Å². The van der Waals surface area contributed by atoms with Gasteiger partial charge in [-0.2, -0.15) is 0 Å². The summed E-state index contributed by atoms with van der Waals surface area (Å²) in [5.41, 5.74) is 0.914. The zero-order chi connectivity index (χ0) is 11.6. The number of nitrogens with one attached hydrogen (secondary N) is 1. The van der Waals surface area contributed by atoms with Gasteiger partial charge >= 0.3 is 0 Å². The summed E-state index contributed by atoms with van der Waals surface area (Å²) >= 11 is 6.85. The summed E-state index contributed by atoms with van der Waals surface area (Å²) in [7, 11) is 0. The van der Waals surface area contributed by atoms with E-state index in [-0.39, 0.29) is 12.1 Å². The number of aromatic nitrogens is 1. The Kier molecular flexibility index (Phi) is 4.00. The van der Waals surface area contributed by atoms with Crippen molar-refractivity contribution in [2.45, 2.75) is 31.3 Å². The Hall–Kier alpha value is 0.0300. The summed E-state index contributed by atoms with van der Waals surface area (Å²) in [5.74, 6) is 0. The van der Waals surface area contributed by atoms with E-state index in [2.05, 4.69) is 42.2 Å². The number of aliphatic hydroxyl groups excluding tert-OH is 1. The van der Waals surface area contributed by atoms with E-state index in [9.17, 15) is 5.11 Å². The third-order valence-corrected chi connectivity index (χ3v) is 4.25. The zero-order valence-electron chi connectivity index (χ0n) is 8.84. The van der Waals surface area contributed by atoms with Crippen LogP contribution in [0, 0.1) is 0 Å². The minimum atomic E-state index is -0.0613. The van der Waals surface area contributed by atoms with Crippen LogP contribution in [0.2, 0.25) is 0 Å². The maximum absolute atomic E-state index is 9.33. The van der Waals surface area contributed by atoms with Crippen LogP contribution in [0.1, 0.15) is 25.0 Å². The highest BCUT2D eigenvalue weighted by Gasteiger charge is 2.35. The Morgan fingerprint density at radius 2 is 2.19 bits per heavy atom. The molecule has 1 aromatic heterocycles. The number of hydrogen-bond donors (Lipinski definition) is 2. The van der Waals surface area contributed by atoms with E-state index in [1.54, 1.807) is 6.20 Å². The van der Waals surface area contributed by atoms with Gasteiger partial charge in [-0.05, 0) is 57.2 Å². The summed E-state index contributed by atoms with van der Waals surface area (Å²) in [6.45, 7) is 0.898. The molecule has 1 heterocycles. The number of aliphatic hydroxyl groups is 1. The van der Waals surface area contributed by atoms with Crippen LogP contribution in [0.4, 0.5) is 0 Å². The molecule has 88 valence electrons. The van der Waals surface area contributed by atoms with Crippen LogP contribution < -0.4 is 5.32 Å². The standard InChI is InChI=1S/C11H14Br2N2O/c12-8-4-9(13)10(14-5-8)6-15-11(7-16)2-1-3-11/h4-5,15-16H,1-3,6-7H2. The van der Waals surface area contributed by atoms with Gasteiger partial charge in [-0.15, -0.1) is 0 Å². The highest BCUT2D eigenvalue weighted by Crippen LogP contribution is 2.31. The Morgan fingerprint density at radius 3 is 2.69 bits per heavy atom. The molecule has 1 aromatic rings. The molecule has 2 rings (SSSR count). The van der Waals surface area contributed by atoms with Crippen molar-refractivity contribution in [2.24, 2.45) is 0 Å². The fraction of sp³-hybridized carbons (Fsp3) is 0.545. The molecule has 1 aliphatic carbocycles. The van der Waals surface area contributed by atoms with Crippen molar-refractivity contribution in [3.8, 4) is 0 Å². The molecule has 2 N–H and O–H groups in total. The molecule has 0 unspecified atom stereocenters. The molecule has 0 aliphatic heterocycles. The van der Waals surface area contributed by atoms with Crippen molar-refractivity contribution in [2.75, 3.05) is 6.61 Å². The molecule has 0 aromatic carbocycles. The molecule has 3 nitrogen and oxygen atoms in total. The minimum Gasteiger partial charge on any atom is -0.394 e. The first-order valence-corrected chi connectivity index (χ1v) is 6.90. The smallest absolute Gasteiger partial charge is 0.0684 e. The van der Waals surface area contributed by atoms with Gasteiger partial charge in [-0.3, -0.25) is 4.98 Å². The lowest BCUT2D eigenvalue weighted by Gasteiger charge is -2.41. The predicted molar refractivity (Wildman–Crippen MR) is 70.1 cm³/mol. The second kappa shape index (κ2) is 5.12. The van der Waals surface area contributed by atoms with Crippen molar-refractivity contribution >= 4 is 31.9 Å². The molecule has 0 amide bonds. The van der Waals surface area contributed by atoms with E-state index < -0.39 is 0 Å². The average molecular weight is 350 g/mol. The highest BCUT2D eigenvalue weighted by molar-refractivity contribution is 9.11.